The summed E-state index contributed by atoms with van der Waals surface area (Å²) in [6.45, 7) is 5.84. The Hall–Kier alpha value is -1.26. The summed E-state index contributed by atoms with van der Waals surface area (Å²) in [7, 11) is 0. The van der Waals surface area contributed by atoms with Gasteiger partial charge in [0.05, 0.1) is 6.42 Å². The fourth-order valence-corrected chi connectivity index (χ4v) is 2.17. The van der Waals surface area contributed by atoms with Crippen molar-refractivity contribution in [1.29, 1.82) is 0 Å². The molecule has 0 radical (unpaired) electrons. The van der Waals surface area contributed by atoms with E-state index in [1.165, 1.54) is 0 Å². The van der Waals surface area contributed by atoms with Crippen LogP contribution in [-0.4, -0.2) is 34.9 Å². The Morgan fingerprint density at radius 1 is 1.47 bits per heavy atom. The van der Waals surface area contributed by atoms with Crippen LogP contribution in [0.2, 0.25) is 0 Å². The average molecular weight is 213 g/mol. The molecule has 1 aliphatic heterocycles. The molecule has 5 nitrogen and oxygen atoms in total. The van der Waals surface area contributed by atoms with Gasteiger partial charge < -0.3 is 15.8 Å². The van der Waals surface area contributed by atoms with Crippen LogP contribution >= 0.6 is 0 Å². The molecule has 1 saturated heterocycles. The number of hydrogen-bond donors (Lipinski definition) is 2. The summed E-state index contributed by atoms with van der Waals surface area (Å²) in [6.07, 6.45) is 1.17. The number of hydrogen-bond acceptors (Lipinski definition) is 3. The Labute approximate surface area is 89.9 Å². The second-order valence-corrected chi connectivity index (χ2v) is 4.51. The van der Waals surface area contributed by atoms with E-state index in [4.69, 9.17) is 10.9 Å². The van der Waals surface area contributed by atoms with E-state index in [2.05, 4.69) is 19.0 Å². The van der Waals surface area contributed by atoms with Gasteiger partial charge in [0.25, 0.3) is 0 Å². The maximum atomic E-state index is 11.7. The number of oxime groups is 1. The summed E-state index contributed by atoms with van der Waals surface area (Å²) in [5.41, 5.74) is 5.30. The van der Waals surface area contributed by atoms with Crippen LogP contribution in [0.4, 0.5) is 0 Å². The maximum absolute atomic E-state index is 11.7. The fourth-order valence-electron chi connectivity index (χ4n) is 2.17. The van der Waals surface area contributed by atoms with E-state index >= 15 is 0 Å². The lowest BCUT2D eigenvalue weighted by atomic mass is 9.92. The van der Waals surface area contributed by atoms with Gasteiger partial charge in [-0.05, 0) is 18.3 Å². The molecule has 15 heavy (non-hydrogen) atoms. The van der Waals surface area contributed by atoms with E-state index in [0.29, 0.717) is 11.8 Å². The molecule has 1 heterocycles. The van der Waals surface area contributed by atoms with E-state index < -0.39 is 0 Å². The maximum Gasteiger partial charge on any atom is 0.230 e. The van der Waals surface area contributed by atoms with Crippen LogP contribution < -0.4 is 5.73 Å². The van der Waals surface area contributed by atoms with E-state index in [-0.39, 0.29) is 18.2 Å². The smallest absolute Gasteiger partial charge is 0.230 e. The zero-order chi connectivity index (χ0) is 11.4. The summed E-state index contributed by atoms with van der Waals surface area (Å²) in [5.74, 6) is 0.990. The van der Waals surface area contributed by atoms with Gasteiger partial charge in [-0.3, -0.25) is 4.79 Å². The van der Waals surface area contributed by atoms with Crippen LogP contribution in [0.5, 0.6) is 0 Å². The Bertz CT molecular complexity index is 255. The van der Waals surface area contributed by atoms with Crippen LogP contribution in [0.3, 0.4) is 0 Å². The molecule has 2 atom stereocenters. The number of amides is 1. The standard InChI is InChI=1S/C10H19N3O2/c1-7-3-8(2)6-13(5-7)10(14)4-9(11)12-15/h7-8,15H,3-6H2,1-2H3,(H2,11,12). The highest BCUT2D eigenvalue weighted by molar-refractivity contribution is 5.98. The third-order valence-corrected chi connectivity index (χ3v) is 2.68. The van der Waals surface area contributed by atoms with Crippen molar-refractivity contribution >= 4 is 11.7 Å². The van der Waals surface area contributed by atoms with Gasteiger partial charge in [-0.2, -0.15) is 0 Å². The zero-order valence-electron chi connectivity index (χ0n) is 9.31. The minimum Gasteiger partial charge on any atom is -0.409 e. The lowest BCUT2D eigenvalue weighted by molar-refractivity contribution is -0.132. The number of nitrogens with zero attached hydrogens (tertiary/aromatic N) is 2. The zero-order valence-corrected chi connectivity index (χ0v) is 9.31. The quantitative estimate of drug-likeness (QED) is 0.305. The monoisotopic (exact) mass is 213 g/mol. The van der Waals surface area contributed by atoms with E-state index in [9.17, 15) is 4.79 Å². The molecule has 1 rings (SSSR count). The number of likely N-dealkylation sites (tertiary alicyclic amines) is 1. The first-order chi connectivity index (χ1) is 7.02. The van der Waals surface area contributed by atoms with E-state index in [1.54, 1.807) is 4.90 Å². The first kappa shape index (κ1) is 11.8. The van der Waals surface area contributed by atoms with Crippen molar-refractivity contribution < 1.29 is 10.0 Å². The summed E-state index contributed by atoms with van der Waals surface area (Å²) in [4.78, 5) is 13.5. The van der Waals surface area contributed by atoms with Crippen LogP contribution in [0.1, 0.15) is 26.7 Å². The summed E-state index contributed by atoms with van der Waals surface area (Å²) < 4.78 is 0. The van der Waals surface area contributed by atoms with Gasteiger partial charge in [0.1, 0.15) is 5.84 Å². The summed E-state index contributed by atoms with van der Waals surface area (Å²) in [5, 5.41) is 11.2. The highest BCUT2D eigenvalue weighted by Crippen LogP contribution is 2.21. The molecule has 5 heteroatoms. The lowest BCUT2D eigenvalue weighted by Crippen LogP contribution is -2.43. The molecule has 0 spiro atoms. The van der Waals surface area contributed by atoms with Crippen LogP contribution in [0, 0.1) is 11.8 Å². The Kier molecular flexibility index (Phi) is 3.94. The van der Waals surface area contributed by atoms with Crippen LogP contribution in [0.15, 0.2) is 5.16 Å². The van der Waals surface area contributed by atoms with Gasteiger partial charge >= 0.3 is 0 Å². The third-order valence-electron chi connectivity index (χ3n) is 2.68. The molecule has 1 fully saturated rings. The number of nitrogens with two attached hydrogens (primary N) is 1. The van der Waals surface area contributed by atoms with Crippen molar-refractivity contribution in [2.75, 3.05) is 13.1 Å². The van der Waals surface area contributed by atoms with Crippen LogP contribution in [0.25, 0.3) is 0 Å². The fraction of sp³-hybridized carbons (Fsp3) is 0.800. The lowest BCUT2D eigenvalue weighted by Gasteiger charge is -2.34. The van der Waals surface area contributed by atoms with Crippen molar-refractivity contribution in [3.05, 3.63) is 0 Å². The third kappa shape index (κ3) is 3.42. The Morgan fingerprint density at radius 3 is 2.47 bits per heavy atom. The van der Waals surface area contributed by atoms with Crippen LogP contribution in [-0.2, 0) is 4.79 Å². The minimum absolute atomic E-state index is 0.00986. The molecule has 0 saturated carbocycles. The summed E-state index contributed by atoms with van der Waals surface area (Å²) >= 11 is 0. The number of piperidine rings is 1. The normalized spacial score (nSPS) is 27.9. The van der Waals surface area contributed by atoms with Crippen molar-refractivity contribution in [1.82, 2.24) is 4.90 Å². The van der Waals surface area contributed by atoms with Gasteiger partial charge in [0, 0.05) is 13.1 Å². The van der Waals surface area contributed by atoms with E-state index in [1.807, 2.05) is 0 Å². The largest absolute Gasteiger partial charge is 0.409 e. The summed E-state index contributed by atoms with van der Waals surface area (Å²) in [6, 6.07) is 0. The molecular formula is C10H19N3O2. The SMILES string of the molecule is CC1CC(C)CN(C(=O)C/C(N)=N/O)C1. The molecule has 0 aliphatic carbocycles. The van der Waals surface area contributed by atoms with Gasteiger partial charge in [0.2, 0.25) is 5.91 Å². The molecule has 0 bridgehead atoms. The highest BCUT2D eigenvalue weighted by Gasteiger charge is 2.25. The number of carbonyl (C=O) groups is 1. The van der Waals surface area contributed by atoms with Gasteiger partial charge in [-0.25, -0.2) is 0 Å². The molecule has 86 valence electrons. The Morgan fingerprint density at radius 2 is 2.00 bits per heavy atom. The molecular weight excluding hydrogens is 194 g/mol. The second-order valence-electron chi connectivity index (χ2n) is 4.51. The molecule has 1 amide bonds. The van der Waals surface area contributed by atoms with E-state index in [0.717, 1.165) is 19.5 Å². The Balaban J connectivity index is 2.52. The first-order valence-corrected chi connectivity index (χ1v) is 5.27. The second kappa shape index (κ2) is 5.00. The number of amidine groups is 1. The van der Waals surface area contributed by atoms with Gasteiger partial charge in [0.15, 0.2) is 0 Å². The predicted molar refractivity (Wildman–Crippen MR) is 57.6 cm³/mol. The van der Waals surface area contributed by atoms with Gasteiger partial charge in [-0.15, -0.1) is 0 Å². The molecule has 0 aromatic carbocycles. The molecule has 2 unspecified atom stereocenters. The van der Waals surface area contributed by atoms with Crippen molar-refractivity contribution in [2.45, 2.75) is 26.7 Å². The topological polar surface area (TPSA) is 78.9 Å². The number of carbonyl (C=O) groups excluding carboxylic acids is 1. The molecule has 1 aliphatic rings. The molecule has 3 N–H and O–H groups in total. The highest BCUT2D eigenvalue weighted by atomic mass is 16.4. The predicted octanol–water partition coefficient (Wildman–Crippen LogP) is 0.627. The van der Waals surface area contributed by atoms with Gasteiger partial charge in [-0.1, -0.05) is 19.0 Å². The minimum atomic E-state index is -0.0521. The van der Waals surface area contributed by atoms with Crippen molar-refractivity contribution in [2.24, 2.45) is 22.7 Å². The molecule has 0 aromatic rings. The number of rotatable bonds is 2. The first-order valence-electron chi connectivity index (χ1n) is 5.27. The van der Waals surface area contributed by atoms with Crippen molar-refractivity contribution in [3.63, 3.8) is 0 Å². The average Bonchev–Trinajstić information content (AvgIpc) is 2.16. The molecule has 0 aromatic heterocycles. The van der Waals surface area contributed by atoms with Crippen molar-refractivity contribution in [3.8, 4) is 0 Å².